The van der Waals surface area contributed by atoms with Gasteiger partial charge < -0.3 is 0 Å². The van der Waals surface area contributed by atoms with E-state index in [0.717, 1.165) is 18.5 Å². The minimum absolute atomic E-state index is 0.644. The van der Waals surface area contributed by atoms with Gasteiger partial charge in [0, 0.05) is 11.8 Å². The maximum absolute atomic E-state index is 9.61. The fraction of sp³-hybridized carbons (Fsp3) is 0.625. The molecule has 0 saturated heterocycles. The van der Waals surface area contributed by atoms with Crippen LogP contribution in [0, 0.1) is 17.2 Å². The van der Waals surface area contributed by atoms with E-state index in [9.17, 15) is 5.26 Å². The Morgan fingerprint density at radius 2 is 1.90 bits per heavy atom. The Balaban J connectivity index is 1.92. The first-order chi connectivity index (χ1) is 9.85. The summed E-state index contributed by atoms with van der Waals surface area (Å²) in [5, 5.41) is 15.6. The number of nitriles is 1. The van der Waals surface area contributed by atoms with E-state index in [2.05, 4.69) is 12.3 Å². The van der Waals surface area contributed by atoms with Crippen molar-refractivity contribution in [1.82, 2.24) is 4.68 Å². The number of hydrogen-bond acceptors (Lipinski definition) is 3. The van der Waals surface area contributed by atoms with Crippen molar-refractivity contribution in [2.75, 3.05) is 6.26 Å². The van der Waals surface area contributed by atoms with Gasteiger partial charge >= 0.3 is 0 Å². The van der Waals surface area contributed by atoms with E-state index in [4.69, 9.17) is 5.10 Å². The van der Waals surface area contributed by atoms with Crippen molar-refractivity contribution in [2.45, 2.75) is 50.9 Å². The molecule has 2 aliphatic carbocycles. The molecule has 2 atom stereocenters. The van der Waals surface area contributed by atoms with Crippen LogP contribution < -0.4 is 0 Å². The summed E-state index contributed by atoms with van der Waals surface area (Å²) >= 11 is 1.75. The number of rotatable bonds is 0. The lowest BCUT2D eigenvalue weighted by atomic mass is 9.92. The summed E-state index contributed by atoms with van der Waals surface area (Å²) in [6, 6.07) is 2.44. The van der Waals surface area contributed by atoms with Gasteiger partial charge in [0.15, 0.2) is 0 Å². The summed E-state index contributed by atoms with van der Waals surface area (Å²) in [7, 11) is 0. The monoisotopic (exact) mass is 285 g/mol. The van der Waals surface area contributed by atoms with Gasteiger partial charge in [-0.05, 0) is 49.5 Å². The molecule has 1 aromatic heterocycles. The van der Waals surface area contributed by atoms with E-state index in [1.165, 1.54) is 54.0 Å². The first kappa shape index (κ1) is 12.5. The molecule has 20 heavy (non-hydrogen) atoms. The third-order valence-corrected chi connectivity index (χ3v) is 5.78. The van der Waals surface area contributed by atoms with Gasteiger partial charge in [0.25, 0.3) is 0 Å². The normalized spacial score (nSPS) is 27.3. The average Bonchev–Trinajstić information content (AvgIpc) is 3.17. The summed E-state index contributed by atoms with van der Waals surface area (Å²) < 4.78 is 2.01. The van der Waals surface area contributed by atoms with Crippen LogP contribution in [0.1, 0.15) is 60.5 Å². The molecule has 0 radical (unpaired) electrons. The molecule has 1 aliphatic heterocycles. The highest BCUT2D eigenvalue weighted by atomic mass is 32.2. The first-order valence-corrected chi connectivity index (χ1v) is 8.87. The van der Waals surface area contributed by atoms with Gasteiger partial charge in [-0.25, -0.2) is 4.68 Å². The Hall–Kier alpha value is -1.21. The molecule has 4 heteroatoms. The molecule has 0 spiro atoms. The van der Waals surface area contributed by atoms with Crippen molar-refractivity contribution < 1.29 is 0 Å². The highest BCUT2D eigenvalue weighted by Gasteiger charge is 2.49. The molecule has 1 aromatic rings. The van der Waals surface area contributed by atoms with E-state index in [1.54, 1.807) is 11.8 Å². The van der Waals surface area contributed by atoms with Gasteiger partial charge in [-0.3, -0.25) is 0 Å². The van der Waals surface area contributed by atoms with Gasteiger partial charge in [-0.1, -0.05) is 12.8 Å². The van der Waals surface area contributed by atoms with Gasteiger partial charge in [0.2, 0.25) is 0 Å². The molecule has 0 aromatic carbocycles. The van der Waals surface area contributed by atoms with Crippen LogP contribution in [0.5, 0.6) is 0 Å². The smallest absolute Gasteiger partial charge is 0.145 e. The lowest BCUT2D eigenvalue weighted by Crippen LogP contribution is -2.12. The average molecular weight is 285 g/mol. The van der Waals surface area contributed by atoms with E-state index in [0.29, 0.717) is 11.8 Å². The minimum Gasteiger partial charge on any atom is -0.226 e. The van der Waals surface area contributed by atoms with E-state index < -0.39 is 0 Å². The molecule has 4 rings (SSSR count). The highest BCUT2D eigenvalue weighted by molar-refractivity contribution is 8.13. The zero-order valence-electron chi connectivity index (χ0n) is 11.9. The maximum atomic E-state index is 9.61. The van der Waals surface area contributed by atoms with Crippen molar-refractivity contribution in [3.05, 3.63) is 22.5 Å². The zero-order valence-corrected chi connectivity index (χ0v) is 12.7. The summed E-state index contributed by atoms with van der Waals surface area (Å²) in [5.74, 6) is 1.29. The Morgan fingerprint density at radius 1 is 1.15 bits per heavy atom. The first-order valence-electron chi connectivity index (χ1n) is 7.64. The van der Waals surface area contributed by atoms with Crippen LogP contribution >= 0.6 is 11.8 Å². The number of hydrogen-bond donors (Lipinski definition) is 0. The fourth-order valence-corrected chi connectivity index (χ4v) is 4.64. The van der Waals surface area contributed by atoms with Crippen molar-refractivity contribution in [1.29, 1.82) is 5.26 Å². The van der Waals surface area contributed by atoms with Gasteiger partial charge in [-0.2, -0.15) is 10.4 Å². The molecule has 0 N–H and O–H groups in total. The largest absolute Gasteiger partial charge is 0.226 e. The van der Waals surface area contributed by atoms with Gasteiger partial charge in [-0.15, -0.1) is 11.8 Å². The molecule has 0 unspecified atom stereocenters. The van der Waals surface area contributed by atoms with E-state index in [1.807, 2.05) is 4.68 Å². The molecule has 3 aliphatic rings. The zero-order chi connectivity index (χ0) is 13.7. The molecule has 104 valence electrons. The topological polar surface area (TPSA) is 41.1 Å². The van der Waals surface area contributed by atoms with Crippen molar-refractivity contribution in [3.8, 4) is 6.07 Å². The molecular weight excluding hydrogens is 266 g/mol. The predicted molar refractivity (Wildman–Crippen MR) is 82.2 cm³/mol. The van der Waals surface area contributed by atoms with Gasteiger partial charge in [0.1, 0.15) is 11.8 Å². The second-order valence-corrected chi connectivity index (χ2v) is 6.95. The van der Waals surface area contributed by atoms with Crippen LogP contribution in [0.3, 0.4) is 0 Å². The second kappa shape index (κ2) is 4.66. The lowest BCUT2D eigenvalue weighted by Gasteiger charge is -2.15. The highest BCUT2D eigenvalue weighted by Crippen LogP contribution is 2.55. The second-order valence-electron chi connectivity index (χ2n) is 6.12. The van der Waals surface area contributed by atoms with Crippen molar-refractivity contribution >= 4 is 16.8 Å². The summed E-state index contributed by atoms with van der Waals surface area (Å²) in [6.45, 7) is 0. The van der Waals surface area contributed by atoms with Crippen LogP contribution in [0.15, 0.2) is 5.10 Å². The molecule has 2 heterocycles. The molecule has 0 amide bonds. The Kier molecular flexibility index (Phi) is 2.92. The Bertz CT molecular complexity index is 635. The Labute approximate surface area is 124 Å². The van der Waals surface area contributed by atoms with Crippen molar-refractivity contribution in [2.24, 2.45) is 11.0 Å². The lowest BCUT2D eigenvalue weighted by molar-refractivity contribution is 0.615. The van der Waals surface area contributed by atoms with Crippen LogP contribution in [0.25, 0.3) is 0 Å². The van der Waals surface area contributed by atoms with Crippen LogP contribution in [-0.2, 0) is 12.8 Å². The molecule has 1 fully saturated rings. The quantitative estimate of drug-likeness (QED) is 0.730. The third-order valence-electron chi connectivity index (χ3n) is 4.98. The van der Waals surface area contributed by atoms with E-state index in [-0.39, 0.29) is 0 Å². The van der Waals surface area contributed by atoms with Crippen LogP contribution in [-0.4, -0.2) is 16.0 Å². The number of aromatic nitrogens is 1. The van der Waals surface area contributed by atoms with Crippen LogP contribution in [0.2, 0.25) is 0 Å². The SMILES string of the molecule is CSC1=Nn2c(C#N)c3c(c2[C@@H]2C[C@H]12)CCCCCC3. The number of thioether (sulfide) groups is 1. The van der Waals surface area contributed by atoms with Crippen LogP contribution in [0.4, 0.5) is 0 Å². The Morgan fingerprint density at radius 3 is 2.60 bits per heavy atom. The standard InChI is InChI=1S/C16H19N3S/c1-20-16-13-8-12(13)15-11-7-5-3-2-4-6-10(11)14(9-17)19(15)18-16/h12-13H,2-8H2,1H3/t12-,13+/m1/s1. The summed E-state index contributed by atoms with van der Waals surface area (Å²) in [4.78, 5) is 0. The molecule has 1 saturated carbocycles. The molecule has 3 nitrogen and oxygen atoms in total. The predicted octanol–water partition coefficient (Wildman–Crippen LogP) is 3.66. The van der Waals surface area contributed by atoms with Crippen molar-refractivity contribution in [3.63, 3.8) is 0 Å². The molecular formula is C16H19N3S. The molecule has 0 bridgehead atoms. The summed E-state index contributed by atoms with van der Waals surface area (Å²) in [6.07, 6.45) is 10.7. The van der Waals surface area contributed by atoms with Gasteiger partial charge in [0.05, 0.1) is 10.7 Å². The van der Waals surface area contributed by atoms with E-state index >= 15 is 0 Å². The minimum atomic E-state index is 0.644. The maximum Gasteiger partial charge on any atom is 0.145 e. The number of nitrogens with zero attached hydrogens (tertiary/aromatic N) is 3. The summed E-state index contributed by atoms with van der Waals surface area (Å²) in [5.41, 5.74) is 5.02. The fourth-order valence-electron chi connectivity index (χ4n) is 3.91. The number of fused-ring (bicyclic) bond motifs is 5. The third kappa shape index (κ3) is 1.69.